The lowest BCUT2D eigenvalue weighted by atomic mass is 10.2. The molecule has 25 heavy (non-hydrogen) atoms. The Morgan fingerprint density at radius 3 is 1.48 bits per heavy atom. The van der Waals surface area contributed by atoms with Gasteiger partial charge in [0.1, 0.15) is 5.75 Å². The van der Waals surface area contributed by atoms with Gasteiger partial charge < -0.3 is 9.64 Å². The molecule has 0 spiro atoms. The normalized spacial score (nSPS) is 10.5. The third kappa shape index (κ3) is 5.10. The van der Waals surface area contributed by atoms with E-state index in [-0.39, 0.29) is 0 Å². The van der Waals surface area contributed by atoms with Crippen molar-refractivity contribution in [3.63, 3.8) is 0 Å². The molecule has 0 aliphatic heterocycles. The van der Waals surface area contributed by atoms with Crippen LogP contribution < -0.4 is 9.64 Å². The molecule has 0 saturated carbocycles. The lowest BCUT2D eigenvalue weighted by molar-refractivity contribution is 0.345. The maximum absolute atomic E-state index is 5.67. The highest BCUT2D eigenvalue weighted by Crippen LogP contribution is 2.35. The second-order valence-corrected chi connectivity index (χ2v) is 8.60. The van der Waals surface area contributed by atoms with Crippen LogP contribution in [0.3, 0.4) is 0 Å². The third-order valence-electron chi connectivity index (χ3n) is 3.61. The molecule has 0 N–H and O–H groups in total. The van der Waals surface area contributed by atoms with Crippen molar-refractivity contribution in [3.05, 3.63) is 79.9 Å². The maximum atomic E-state index is 5.67. The van der Waals surface area contributed by atoms with Crippen molar-refractivity contribution in [1.29, 1.82) is 0 Å². The Morgan fingerprint density at radius 1 is 0.680 bits per heavy atom. The maximum Gasteiger partial charge on any atom is 0.119 e. The van der Waals surface area contributed by atoms with Crippen molar-refractivity contribution in [2.45, 2.75) is 0 Å². The van der Waals surface area contributed by atoms with Gasteiger partial charge in [0.05, 0.1) is 6.61 Å². The quantitative estimate of drug-likeness (QED) is 0.215. The minimum absolute atomic E-state index is 0.664. The van der Waals surface area contributed by atoms with E-state index in [4.69, 9.17) is 4.74 Å². The Bertz CT molecular complexity index is 759. The average Bonchev–Trinajstić information content (AvgIpc) is 2.64. The van der Waals surface area contributed by atoms with Crippen LogP contribution in [0, 0.1) is 7.14 Å². The summed E-state index contributed by atoms with van der Waals surface area (Å²) < 4.78 is 8.11. The van der Waals surface area contributed by atoms with Gasteiger partial charge in [-0.1, -0.05) is 15.9 Å². The molecule has 128 valence electrons. The topological polar surface area (TPSA) is 12.5 Å². The van der Waals surface area contributed by atoms with Gasteiger partial charge in [0.25, 0.3) is 0 Å². The van der Waals surface area contributed by atoms with Crippen molar-refractivity contribution >= 4 is 78.2 Å². The van der Waals surface area contributed by atoms with Gasteiger partial charge in [-0.15, -0.1) is 0 Å². The molecule has 0 unspecified atom stereocenters. The molecule has 0 bridgehead atoms. The number of anilines is 3. The Kier molecular flexibility index (Phi) is 7.00. The number of halogens is 3. The molecule has 0 aromatic heterocycles. The van der Waals surface area contributed by atoms with E-state index in [9.17, 15) is 0 Å². The van der Waals surface area contributed by atoms with E-state index in [1.807, 2.05) is 12.1 Å². The number of alkyl halides is 1. The van der Waals surface area contributed by atoms with Crippen molar-refractivity contribution < 1.29 is 4.74 Å². The van der Waals surface area contributed by atoms with E-state index in [0.29, 0.717) is 6.61 Å². The lowest BCUT2D eigenvalue weighted by Gasteiger charge is -2.25. The van der Waals surface area contributed by atoms with Gasteiger partial charge in [-0.3, -0.25) is 0 Å². The standard InChI is InChI=1S/C20H16BrI2NO/c21-13-14-25-20-11-9-19(10-12-20)24(17-5-1-15(22)2-6-17)18-7-3-16(23)4-8-18/h1-12H,13-14H2. The Balaban J connectivity index is 1.98. The molecule has 3 aromatic rings. The van der Waals surface area contributed by atoms with Crippen LogP contribution in [-0.4, -0.2) is 11.9 Å². The van der Waals surface area contributed by atoms with E-state index in [1.165, 1.54) is 7.14 Å². The minimum atomic E-state index is 0.664. The summed E-state index contributed by atoms with van der Waals surface area (Å²) in [5.74, 6) is 0.883. The first kappa shape index (κ1) is 19.0. The van der Waals surface area contributed by atoms with E-state index in [2.05, 4.69) is 127 Å². The monoisotopic (exact) mass is 619 g/mol. The van der Waals surface area contributed by atoms with E-state index in [0.717, 1.165) is 28.1 Å². The molecule has 0 aliphatic rings. The van der Waals surface area contributed by atoms with Crippen LogP contribution in [0.1, 0.15) is 0 Å². The number of nitrogens with zero attached hydrogens (tertiary/aromatic N) is 1. The molecular weight excluding hydrogens is 604 g/mol. The predicted molar refractivity (Wildman–Crippen MR) is 126 cm³/mol. The fourth-order valence-electron chi connectivity index (χ4n) is 2.48. The summed E-state index contributed by atoms with van der Waals surface area (Å²) in [5, 5.41) is 0.826. The smallest absolute Gasteiger partial charge is 0.119 e. The molecule has 0 atom stereocenters. The van der Waals surface area contributed by atoms with E-state index < -0.39 is 0 Å². The van der Waals surface area contributed by atoms with Crippen LogP contribution in [0.4, 0.5) is 17.1 Å². The van der Waals surface area contributed by atoms with Crippen molar-refractivity contribution in [3.8, 4) is 5.75 Å². The fourth-order valence-corrected chi connectivity index (χ4v) is 3.36. The molecule has 0 saturated heterocycles. The molecule has 3 rings (SSSR count). The zero-order valence-corrected chi connectivity index (χ0v) is 19.2. The second kappa shape index (κ2) is 9.23. The molecule has 2 nitrogen and oxygen atoms in total. The highest BCUT2D eigenvalue weighted by atomic mass is 127. The van der Waals surface area contributed by atoms with Gasteiger partial charge in [0.2, 0.25) is 0 Å². The summed E-state index contributed by atoms with van der Waals surface area (Å²) in [5.41, 5.74) is 3.38. The summed E-state index contributed by atoms with van der Waals surface area (Å²) in [4.78, 5) is 2.25. The van der Waals surface area contributed by atoms with Crippen molar-refractivity contribution in [1.82, 2.24) is 0 Å². The summed E-state index contributed by atoms with van der Waals surface area (Å²) >= 11 is 8.04. The summed E-state index contributed by atoms with van der Waals surface area (Å²) in [6.07, 6.45) is 0. The number of hydrogen-bond acceptors (Lipinski definition) is 2. The number of rotatable bonds is 6. The highest BCUT2D eigenvalue weighted by Gasteiger charge is 2.12. The van der Waals surface area contributed by atoms with Crippen LogP contribution >= 0.6 is 61.1 Å². The van der Waals surface area contributed by atoms with Crippen LogP contribution in [0.5, 0.6) is 5.75 Å². The highest BCUT2D eigenvalue weighted by molar-refractivity contribution is 14.1. The molecule has 0 amide bonds. The van der Waals surface area contributed by atoms with Gasteiger partial charge in [0.15, 0.2) is 0 Å². The second-order valence-electron chi connectivity index (χ2n) is 5.32. The Hall–Kier alpha value is -0.800. The zero-order chi connectivity index (χ0) is 17.6. The lowest BCUT2D eigenvalue weighted by Crippen LogP contribution is -2.10. The van der Waals surface area contributed by atoms with Gasteiger partial charge in [-0.25, -0.2) is 0 Å². The van der Waals surface area contributed by atoms with Crippen LogP contribution in [0.15, 0.2) is 72.8 Å². The van der Waals surface area contributed by atoms with Crippen LogP contribution in [0.2, 0.25) is 0 Å². The molecule has 0 aliphatic carbocycles. The van der Waals surface area contributed by atoms with E-state index in [1.54, 1.807) is 0 Å². The first-order valence-corrected chi connectivity index (χ1v) is 11.1. The van der Waals surface area contributed by atoms with Gasteiger partial charge in [0, 0.05) is 29.5 Å². The molecule has 0 fully saturated rings. The molecular formula is C20H16BrI2NO. The number of benzene rings is 3. The number of ether oxygens (including phenoxy) is 1. The van der Waals surface area contributed by atoms with Gasteiger partial charge in [-0.2, -0.15) is 0 Å². The summed E-state index contributed by atoms with van der Waals surface area (Å²) in [6, 6.07) is 25.3. The minimum Gasteiger partial charge on any atom is -0.493 e. The first-order chi connectivity index (χ1) is 12.2. The molecule has 0 radical (unpaired) electrons. The molecule has 0 heterocycles. The van der Waals surface area contributed by atoms with Crippen LogP contribution in [0.25, 0.3) is 0 Å². The summed E-state index contributed by atoms with van der Waals surface area (Å²) in [7, 11) is 0. The fraction of sp³-hybridized carbons (Fsp3) is 0.100. The number of hydrogen-bond donors (Lipinski definition) is 0. The van der Waals surface area contributed by atoms with Gasteiger partial charge in [-0.05, 0) is 118 Å². The SMILES string of the molecule is BrCCOc1ccc(N(c2ccc(I)cc2)c2ccc(I)cc2)cc1. The average molecular weight is 620 g/mol. The molecule has 3 aromatic carbocycles. The zero-order valence-electron chi connectivity index (χ0n) is 13.3. The first-order valence-electron chi connectivity index (χ1n) is 7.77. The van der Waals surface area contributed by atoms with Crippen LogP contribution in [-0.2, 0) is 0 Å². The van der Waals surface area contributed by atoms with Crippen molar-refractivity contribution in [2.24, 2.45) is 0 Å². The predicted octanol–water partition coefficient (Wildman–Crippen LogP) is 7.14. The van der Waals surface area contributed by atoms with Crippen molar-refractivity contribution in [2.75, 3.05) is 16.8 Å². The third-order valence-corrected chi connectivity index (χ3v) is 5.37. The Labute approximate surface area is 184 Å². The van der Waals surface area contributed by atoms with Gasteiger partial charge >= 0.3 is 0 Å². The summed E-state index contributed by atoms with van der Waals surface area (Å²) in [6.45, 7) is 0.664. The largest absolute Gasteiger partial charge is 0.493 e. The Morgan fingerprint density at radius 2 is 1.08 bits per heavy atom. The molecule has 5 heteroatoms. The van der Waals surface area contributed by atoms with E-state index >= 15 is 0 Å².